The van der Waals surface area contributed by atoms with E-state index in [0.717, 1.165) is 37.3 Å². The first-order valence-corrected chi connectivity index (χ1v) is 9.94. The number of rotatable bonds is 9. The van der Waals surface area contributed by atoms with Crippen molar-refractivity contribution in [3.05, 3.63) is 59.8 Å². The number of benzene rings is 1. The Labute approximate surface area is 169 Å². The van der Waals surface area contributed by atoms with Crippen LogP contribution in [0, 0.1) is 5.41 Å². The van der Waals surface area contributed by atoms with E-state index in [4.69, 9.17) is 9.47 Å². The monoisotopic (exact) mass is 408 g/mol. The van der Waals surface area contributed by atoms with Crippen molar-refractivity contribution < 1.29 is 22.6 Å². The molecule has 0 aliphatic carbocycles. The van der Waals surface area contributed by atoms with Crippen molar-refractivity contribution >= 4 is 5.82 Å². The summed E-state index contributed by atoms with van der Waals surface area (Å²) in [5.41, 5.74) is 0.244. The molecule has 0 atom stereocenters. The molecule has 1 fully saturated rings. The van der Waals surface area contributed by atoms with Gasteiger partial charge >= 0.3 is 6.18 Å². The second-order valence-corrected chi connectivity index (χ2v) is 7.51. The highest BCUT2D eigenvalue weighted by molar-refractivity contribution is 5.36. The summed E-state index contributed by atoms with van der Waals surface area (Å²) in [5, 5.41) is 3.13. The smallest absolute Gasteiger partial charge is 0.381 e. The molecule has 2 aromatic rings. The lowest BCUT2D eigenvalue weighted by atomic mass is 9.76. The fourth-order valence-electron chi connectivity index (χ4n) is 3.60. The van der Waals surface area contributed by atoms with Gasteiger partial charge in [-0.2, -0.15) is 13.2 Å². The van der Waals surface area contributed by atoms with Gasteiger partial charge in [-0.15, -0.1) is 0 Å². The van der Waals surface area contributed by atoms with Crippen LogP contribution in [0.2, 0.25) is 0 Å². The molecule has 1 aliphatic rings. The Hall–Kier alpha value is -2.12. The average molecular weight is 408 g/mol. The van der Waals surface area contributed by atoms with Gasteiger partial charge in [-0.1, -0.05) is 36.4 Å². The lowest BCUT2D eigenvalue weighted by Crippen LogP contribution is -2.36. The third kappa shape index (κ3) is 6.72. The number of nitrogens with zero attached hydrogens (tertiary/aromatic N) is 1. The molecule has 0 bridgehead atoms. The Kier molecular flexibility index (Phi) is 7.50. The van der Waals surface area contributed by atoms with E-state index in [1.807, 2.05) is 30.3 Å². The molecule has 0 saturated carbocycles. The minimum atomic E-state index is -4.44. The molecule has 1 aromatic carbocycles. The van der Waals surface area contributed by atoms with Crippen molar-refractivity contribution in [1.29, 1.82) is 0 Å². The summed E-state index contributed by atoms with van der Waals surface area (Å²) < 4.78 is 49.9. The predicted octanol–water partition coefficient (Wildman–Crippen LogP) is 5.31. The molecule has 1 N–H and O–H groups in total. The van der Waals surface area contributed by atoms with Crippen LogP contribution in [0.4, 0.5) is 19.0 Å². The van der Waals surface area contributed by atoms with E-state index >= 15 is 0 Å². The van der Waals surface area contributed by atoms with Crippen molar-refractivity contribution in [1.82, 2.24) is 4.98 Å². The summed E-state index contributed by atoms with van der Waals surface area (Å²) in [4.78, 5) is 3.71. The van der Waals surface area contributed by atoms with Crippen LogP contribution in [0.1, 0.15) is 36.9 Å². The van der Waals surface area contributed by atoms with Gasteiger partial charge in [-0.3, -0.25) is 0 Å². The lowest BCUT2D eigenvalue weighted by molar-refractivity contribution is -0.141. The molecular formula is C22H27F3N2O2. The molecule has 7 heteroatoms. The zero-order chi connectivity index (χ0) is 20.6. The van der Waals surface area contributed by atoms with Crippen molar-refractivity contribution in [3.63, 3.8) is 0 Å². The molecule has 1 saturated heterocycles. The van der Waals surface area contributed by atoms with Gasteiger partial charge in [0.2, 0.25) is 0 Å². The number of hydrogen-bond donors (Lipinski definition) is 1. The van der Waals surface area contributed by atoms with Gasteiger partial charge in [0.15, 0.2) is 0 Å². The van der Waals surface area contributed by atoms with Gasteiger partial charge in [-0.25, -0.2) is 4.98 Å². The van der Waals surface area contributed by atoms with E-state index < -0.39 is 11.9 Å². The highest BCUT2D eigenvalue weighted by atomic mass is 19.4. The predicted molar refractivity (Wildman–Crippen MR) is 106 cm³/mol. The molecule has 3 rings (SSSR count). The lowest BCUT2D eigenvalue weighted by Gasteiger charge is -2.37. The summed E-state index contributed by atoms with van der Waals surface area (Å²) in [6.45, 7) is 3.15. The standard InChI is InChI=1S/C22H27F3N2O2/c23-22(24,25)19-8-4-9-20(27-19)26-17-21(11-14-28-15-12-21)10-5-13-29-16-18-6-2-1-3-7-18/h1-4,6-9H,5,10-17H2,(H,26,27). The molecule has 0 spiro atoms. The summed E-state index contributed by atoms with van der Waals surface area (Å²) >= 11 is 0. The normalized spacial score (nSPS) is 16.5. The van der Waals surface area contributed by atoms with Crippen molar-refractivity contribution in [3.8, 4) is 0 Å². The Morgan fingerprint density at radius 2 is 1.79 bits per heavy atom. The Morgan fingerprint density at radius 3 is 2.52 bits per heavy atom. The van der Waals surface area contributed by atoms with E-state index in [1.165, 1.54) is 6.07 Å². The minimum absolute atomic E-state index is 0.0235. The summed E-state index contributed by atoms with van der Waals surface area (Å²) in [6, 6.07) is 14.0. The number of pyridine rings is 1. The van der Waals surface area contributed by atoms with Crippen molar-refractivity contribution in [2.24, 2.45) is 5.41 Å². The molecule has 29 heavy (non-hydrogen) atoms. The van der Waals surface area contributed by atoms with Gasteiger partial charge in [0.05, 0.1) is 6.61 Å². The van der Waals surface area contributed by atoms with Crippen LogP contribution in [0.15, 0.2) is 48.5 Å². The Balaban J connectivity index is 1.50. The molecule has 1 aromatic heterocycles. The Morgan fingerprint density at radius 1 is 1.03 bits per heavy atom. The van der Waals surface area contributed by atoms with Crippen LogP contribution in [-0.4, -0.2) is 31.3 Å². The van der Waals surface area contributed by atoms with E-state index in [1.54, 1.807) is 6.07 Å². The maximum absolute atomic E-state index is 12.9. The minimum Gasteiger partial charge on any atom is -0.381 e. The first-order valence-electron chi connectivity index (χ1n) is 9.94. The number of alkyl halides is 3. The fourth-order valence-corrected chi connectivity index (χ4v) is 3.60. The number of anilines is 1. The summed E-state index contributed by atoms with van der Waals surface area (Å²) in [5.74, 6) is 0.256. The van der Waals surface area contributed by atoms with E-state index in [-0.39, 0.29) is 11.2 Å². The topological polar surface area (TPSA) is 43.4 Å². The molecule has 2 heterocycles. The molecule has 0 radical (unpaired) electrons. The van der Waals surface area contributed by atoms with Gasteiger partial charge < -0.3 is 14.8 Å². The van der Waals surface area contributed by atoms with Gasteiger partial charge in [0, 0.05) is 26.4 Å². The molecule has 158 valence electrons. The highest BCUT2D eigenvalue weighted by Crippen LogP contribution is 2.36. The summed E-state index contributed by atoms with van der Waals surface area (Å²) in [6.07, 6.45) is -0.874. The summed E-state index contributed by atoms with van der Waals surface area (Å²) in [7, 11) is 0. The highest BCUT2D eigenvalue weighted by Gasteiger charge is 2.34. The maximum Gasteiger partial charge on any atom is 0.433 e. The van der Waals surface area contributed by atoms with Crippen molar-refractivity contribution in [2.45, 2.75) is 38.5 Å². The Bertz CT molecular complexity index is 747. The zero-order valence-electron chi connectivity index (χ0n) is 16.4. The SMILES string of the molecule is FC(F)(F)c1cccc(NCC2(CCCOCc3ccccc3)CCOCC2)n1. The molecular weight excluding hydrogens is 381 g/mol. The fraction of sp³-hybridized carbons (Fsp3) is 0.500. The van der Waals surface area contributed by atoms with Gasteiger partial charge in [0.1, 0.15) is 11.5 Å². The van der Waals surface area contributed by atoms with Crippen LogP contribution >= 0.6 is 0 Å². The largest absolute Gasteiger partial charge is 0.433 e. The zero-order valence-corrected chi connectivity index (χ0v) is 16.4. The number of aromatic nitrogens is 1. The van der Waals surface area contributed by atoms with E-state index in [2.05, 4.69) is 10.3 Å². The van der Waals surface area contributed by atoms with E-state index in [0.29, 0.717) is 33.0 Å². The molecule has 4 nitrogen and oxygen atoms in total. The first-order chi connectivity index (χ1) is 14.0. The van der Waals surface area contributed by atoms with Crippen molar-refractivity contribution in [2.75, 3.05) is 31.7 Å². The number of halogens is 3. The van der Waals surface area contributed by atoms with Crippen LogP contribution in [0.5, 0.6) is 0 Å². The quantitative estimate of drug-likeness (QED) is 0.572. The van der Waals surface area contributed by atoms with Gasteiger partial charge in [0.25, 0.3) is 0 Å². The van der Waals surface area contributed by atoms with Crippen LogP contribution in [0.3, 0.4) is 0 Å². The number of ether oxygens (including phenoxy) is 2. The van der Waals surface area contributed by atoms with Crippen LogP contribution in [0.25, 0.3) is 0 Å². The average Bonchev–Trinajstić information content (AvgIpc) is 2.73. The maximum atomic E-state index is 12.9. The molecule has 0 unspecified atom stereocenters. The third-order valence-corrected chi connectivity index (χ3v) is 5.34. The number of nitrogens with one attached hydrogen (secondary N) is 1. The third-order valence-electron chi connectivity index (χ3n) is 5.34. The first kappa shape index (κ1) is 21.6. The van der Waals surface area contributed by atoms with Crippen LogP contribution < -0.4 is 5.32 Å². The van der Waals surface area contributed by atoms with E-state index in [9.17, 15) is 13.2 Å². The molecule has 0 amide bonds. The van der Waals surface area contributed by atoms with Gasteiger partial charge in [-0.05, 0) is 48.8 Å². The molecule has 1 aliphatic heterocycles. The van der Waals surface area contributed by atoms with Crippen LogP contribution in [-0.2, 0) is 22.3 Å². The number of hydrogen-bond acceptors (Lipinski definition) is 4. The second kappa shape index (κ2) is 10.1. The second-order valence-electron chi connectivity index (χ2n) is 7.51.